The van der Waals surface area contributed by atoms with Crippen LogP contribution in [0.2, 0.25) is 0 Å². The highest BCUT2D eigenvalue weighted by Crippen LogP contribution is 2.18. The number of Topliss-reactive ketones (excluding diaryl/α,β-unsaturated/α-hetero) is 1. The fourth-order valence-electron chi connectivity index (χ4n) is 2.12. The van der Waals surface area contributed by atoms with Crippen LogP contribution in [0.25, 0.3) is 0 Å². The highest BCUT2D eigenvalue weighted by Gasteiger charge is 2.21. The van der Waals surface area contributed by atoms with Gasteiger partial charge in [0.05, 0.1) is 5.56 Å². The van der Waals surface area contributed by atoms with Crippen molar-refractivity contribution in [2.45, 2.75) is 32.2 Å². The zero-order valence-corrected chi connectivity index (χ0v) is 9.72. The molecule has 1 saturated heterocycles. The van der Waals surface area contributed by atoms with Crippen LogP contribution in [0.3, 0.4) is 0 Å². The van der Waals surface area contributed by atoms with Crippen LogP contribution >= 0.6 is 0 Å². The van der Waals surface area contributed by atoms with Gasteiger partial charge in [-0.05, 0) is 44.0 Å². The van der Waals surface area contributed by atoms with Crippen molar-refractivity contribution >= 4 is 5.78 Å². The molecule has 4 heteroatoms. The van der Waals surface area contributed by atoms with Crippen molar-refractivity contribution in [1.82, 2.24) is 5.32 Å². The van der Waals surface area contributed by atoms with E-state index in [0.717, 1.165) is 31.5 Å². The fourth-order valence-corrected chi connectivity index (χ4v) is 2.12. The van der Waals surface area contributed by atoms with Gasteiger partial charge < -0.3 is 5.32 Å². The lowest BCUT2D eigenvalue weighted by Crippen LogP contribution is -2.25. The number of benzene rings is 1. The van der Waals surface area contributed by atoms with Gasteiger partial charge in [-0.25, -0.2) is 8.78 Å². The molecular formula is C13H15F2NO. The SMILES string of the molecule is Cc1cc(F)c(C(=O)CC2CCCN2)cc1F. The number of carbonyl (C=O) groups excluding carboxylic acids is 1. The van der Waals surface area contributed by atoms with Crippen LogP contribution in [0.1, 0.15) is 35.2 Å². The molecule has 0 aromatic heterocycles. The number of carbonyl (C=O) groups is 1. The van der Waals surface area contributed by atoms with Crippen LogP contribution in [0.4, 0.5) is 8.78 Å². The smallest absolute Gasteiger partial charge is 0.167 e. The maximum atomic E-state index is 13.5. The standard InChI is InChI=1S/C13H15F2NO/c1-8-5-12(15)10(7-11(8)14)13(17)6-9-3-2-4-16-9/h5,7,9,16H,2-4,6H2,1H3. The molecule has 1 heterocycles. The van der Waals surface area contributed by atoms with Gasteiger partial charge in [0.1, 0.15) is 11.6 Å². The Morgan fingerprint density at radius 2 is 2.18 bits per heavy atom. The molecule has 92 valence electrons. The molecular weight excluding hydrogens is 224 g/mol. The molecule has 0 bridgehead atoms. The van der Waals surface area contributed by atoms with Gasteiger partial charge in [0, 0.05) is 12.5 Å². The first-order chi connectivity index (χ1) is 8.08. The lowest BCUT2D eigenvalue weighted by atomic mass is 10.0. The summed E-state index contributed by atoms with van der Waals surface area (Å²) in [4.78, 5) is 11.8. The highest BCUT2D eigenvalue weighted by molar-refractivity contribution is 5.96. The third-order valence-corrected chi connectivity index (χ3v) is 3.14. The molecule has 2 nitrogen and oxygen atoms in total. The number of rotatable bonds is 3. The Morgan fingerprint density at radius 3 is 2.82 bits per heavy atom. The molecule has 0 aliphatic carbocycles. The van der Waals surface area contributed by atoms with E-state index in [0.29, 0.717) is 0 Å². The van der Waals surface area contributed by atoms with Crippen LogP contribution in [0, 0.1) is 18.6 Å². The Kier molecular flexibility index (Phi) is 3.52. The van der Waals surface area contributed by atoms with E-state index in [1.54, 1.807) is 0 Å². The summed E-state index contributed by atoms with van der Waals surface area (Å²) in [7, 11) is 0. The number of hydrogen-bond donors (Lipinski definition) is 1. The van der Waals surface area contributed by atoms with Crippen LogP contribution in [-0.2, 0) is 0 Å². The van der Waals surface area contributed by atoms with Crippen LogP contribution in [0.15, 0.2) is 12.1 Å². The quantitative estimate of drug-likeness (QED) is 0.821. The van der Waals surface area contributed by atoms with E-state index >= 15 is 0 Å². The van der Waals surface area contributed by atoms with E-state index in [4.69, 9.17) is 0 Å². The average Bonchev–Trinajstić information content (AvgIpc) is 2.76. The zero-order valence-electron chi connectivity index (χ0n) is 9.72. The average molecular weight is 239 g/mol. The predicted molar refractivity (Wildman–Crippen MR) is 61.1 cm³/mol. The highest BCUT2D eigenvalue weighted by atomic mass is 19.1. The molecule has 1 aliphatic rings. The van der Waals surface area contributed by atoms with Crippen molar-refractivity contribution < 1.29 is 13.6 Å². The monoisotopic (exact) mass is 239 g/mol. The minimum Gasteiger partial charge on any atom is -0.314 e. The third-order valence-electron chi connectivity index (χ3n) is 3.14. The van der Waals surface area contributed by atoms with Gasteiger partial charge in [0.2, 0.25) is 0 Å². The summed E-state index contributed by atoms with van der Waals surface area (Å²) in [6, 6.07) is 2.18. The second-order valence-electron chi connectivity index (χ2n) is 4.50. The second kappa shape index (κ2) is 4.92. The number of ketones is 1. The van der Waals surface area contributed by atoms with E-state index in [2.05, 4.69) is 5.32 Å². The molecule has 1 aromatic rings. The van der Waals surface area contributed by atoms with Crippen molar-refractivity contribution in [2.75, 3.05) is 6.54 Å². The predicted octanol–water partition coefficient (Wildman–Crippen LogP) is 2.60. The van der Waals surface area contributed by atoms with E-state index < -0.39 is 11.6 Å². The molecule has 17 heavy (non-hydrogen) atoms. The van der Waals surface area contributed by atoms with Crippen LogP contribution in [-0.4, -0.2) is 18.4 Å². The molecule has 1 aliphatic heterocycles. The molecule has 0 amide bonds. The summed E-state index contributed by atoms with van der Waals surface area (Å²) in [6.07, 6.45) is 2.18. The maximum absolute atomic E-state index is 13.5. The Balaban J connectivity index is 2.15. The van der Waals surface area contributed by atoms with E-state index in [-0.39, 0.29) is 29.4 Å². The summed E-state index contributed by atoms with van der Waals surface area (Å²) in [5.74, 6) is -1.50. The summed E-state index contributed by atoms with van der Waals surface area (Å²) >= 11 is 0. The van der Waals surface area contributed by atoms with E-state index in [9.17, 15) is 13.6 Å². The first-order valence-corrected chi connectivity index (χ1v) is 5.80. The number of halogens is 2. The lowest BCUT2D eigenvalue weighted by molar-refractivity contribution is 0.0967. The van der Waals surface area contributed by atoms with Crippen molar-refractivity contribution in [3.05, 3.63) is 34.9 Å². The number of aryl methyl sites for hydroxylation is 1. The van der Waals surface area contributed by atoms with E-state index in [1.807, 2.05) is 0 Å². The van der Waals surface area contributed by atoms with Gasteiger partial charge in [0.25, 0.3) is 0 Å². The second-order valence-corrected chi connectivity index (χ2v) is 4.50. The van der Waals surface area contributed by atoms with Gasteiger partial charge in [-0.2, -0.15) is 0 Å². The zero-order chi connectivity index (χ0) is 12.4. The largest absolute Gasteiger partial charge is 0.314 e. The fraction of sp³-hybridized carbons (Fsp3) is 0.462. The summed E-state index contributed by atoms with van der Waals surface area (Å²) in [6.45, 7) is 2.37. The summed E-state index contributed by atoms with van der Waals surface area (Å²) in [5.41, 5.74) is 0.0832. The van der Waals surface area contributed by atoms with Crippen molar-refractivity contribution in [2.24, 2.45) is 0 Å². The Morgan fingerprint density at radius 1 is 1.41 bits per heavy atom. The van der Waals surface area contributed by atoms with Gasteiger partial charge >= 0.3 is 0 Å². The molecule has 1 N–H and O–H groups in total. The van der Waals surface area contributed by atoms with Gasteiger partial charge in [-0.3, -0.25) is 4.79 Å². The molecule has 1 atom stereocenters. The van der Waals surface area contributed by atoms with Crippen LogP contribution < -0.4 is 5.32 Å². The van der Waals surface area contributed by atoms with E-state index in [1.165, 1.54) is 6.92 Å². The molecule has 0 spiro atoms. The molecule has 1 aromatic carbocycles. The Hall–Kier alpha value is -1.29. The number of hydrogen-bond acceptors (Lipinski definition) is 2. The summed E-state index contributed by atoms with van der Waals surface area (Å²) < 4.78 is 26.8. The van der Waals surface area contributed by atoms with Crippen molar-refractivity contribution in [3.63, 3.8) is 0 Å². The van der Waals surface area contributed by atoms with Gasteiger partial charge in [0.15, 0.2) is 5.78 Å². The maximum Gasteiger partial charge on any atom is 0.167 e. The van der Waals surface area contributed by atoms with Crippen molar-refractivity contribution in [1.29, 1.82) is 0 Å². The third kappa shape index (κ3) is 2.69. The molecule has 1 unspecified atom stereocenters. The number of nitrogens with one attached hydrogen (secondary N) is 1. The molecule has 2 rings (SSSR count). The molecule has 1 fully saturated rings. The summed E-state index contributed by atoms with van der Waals surface area (Å²) in [5, 5.41) is 3.17. The van der Waals surface area contributed by atoms with Gasteiger partial charge in [-0.1, -0.05) is 0 Å². The minimum atomic E-state index is -0.633. The lowest BCUT2D eigenvalue weighted by Gasteiger charge is -2.10. The van der Waals surface area contributed by atoms with Gasteiger partial charge in [-0.15, -0.1) is 0 Å². The first kappa shape index (κ1) is 12.2. The molecule has 0 radical (unpaired) electrons. The van der Waals surface area contributed by atoms with Crippen LogP contribution in [0.5, 0.6) is 0 Å². The minimum absolute atomic E-state index is 0.103. The Bertz CT molecular complexity index is 439. The van der Waals surface area contributed by atoms with Crippen molar-refractivity contribution in [3.8, 4) is 0 Å². The normalized spacial score (nSPS) is 19.6. The molecule has 0 saturated carbocycles. The topological polar surface area (TPSA) is 29.1 Å². The Labute approximate surface area is 99.0 Å². The first-order valence-electron chi connectivity index (χ1n) is 5.80.